The largest absolute Gasteiger partial charge is 0.294 e. The van der Waals surface area contributed by atoms with Gasteiger partial charge in [0, 0.05) is 16.7 Å². The molecule has 4 nitrogen and oxygen atoms in total. The number of nitrogens with zero attached hydrogens (tertiary/aromatic N) is 3. The first kappa shape index (κ1) is 15.1. The molecule has 2 aromatic heterocycles. The average molecular weight is 332 g/mol. The van der Waals surface area contributed by atoms with Crippen LogP contribution in [0.5, 0.6) is 0 Å². The van der Waals surface area contributed by atoms with E-state index in [0.29, 0.717) is 10.6 Å². The second kappa shape index (κ2) is 5.74. The summed E-state index contributed by atoms with van der Waals surface area (Å²) < 4.78 is 1.72. The van der Waals surface area contributed by atoms with Gasteiger partial charge in [0.25, 0.3) is 0 Å². The number of ketones is 1. The zero-order valence-electron chi connectivity index (χ0n) is 12.4. The summed E-state index contributed by atoms with van der Waals surface area (Å²) >= 11 is 7.39. The van der Waals surface area contributed by atoms with Crippen molar-refractivity contribution in [1.82, 2.24) is 14.6 Å². The van der Waals surface area contributed by atoms with Crippen molar-refractivity contribution in [3.8, 4) is 11.3 Å². The number of rotatable bonds is 3. The lowest BCUT2D eigenvalue weighted by atomic mass is 10.1. The first-order valence-corrected chi connectivity index (χ1v) is 8.32. The summed E-state index contributed by atoms with van der Waals surface area (Å²) in [5.74, 6) is -0.000192. The number of thioether (sulfide) groups is 1. The maximum absolute atomic E-state index is 11.9. The second-order valence-corrected chi connectivity index (χ2v) is 6.18. The number of aromatic nitrogens is 3. The normalized spacial score (nSPS) is 11.1. The molecule has 6 heteroatoms. The molecule has 0 N–H and O–H groups in total. The molecule has 0 saturated carbocycles. The van der Waals surface area contributed by atoms with Crippen LogP contribution < -0.4 is 0 Å². The molecule has 0 radical (unpaired) electrons. The van der Waals surface area contributed by atoms with Gasteiger partial charge in [0.15, 0.2) is 11.4 Å². The highest BCUT2D eigenvalue weighted by molar-refractivity contribution is 7.98. The van der Waals surface area contributed by atoms with E-state index in [0.717, 1.165) is 27.6 Å². The fraction of sp³-hybridized carbons (Fsp3) is 0.188. The van der Waals surface area contributed by atoms with Crippen LogP contribution in [0.1, 0.15) is 23.0 Å². The molecule has 0 unspecified atom stereocenters. The van der Waals surface area contributed by atoms with Crippen molar-refractivity contribution in [2.75, 3.05) is 6.26 Å². The van der Waals surface area contributed by atoms with Crippen LogP contribution in [0.15, 0.2) is 35.4 Å². The molecule has 0 atom stereocenters. The van der Waals surface area contributed by atoms with Crippen molar-refractivity contribution < 1.29 is 4.79 Å². The predicted molar refractivity (Wildman–Crippen MR) is 90.0 cm³/mol. The number of hydrogen-bond donors (Lipinski definition) is 0. The van der Waals surface area contributed by atoms with Gasteiger partial charge < -0.3 is 0 Å². The number of fused-ring (bicyclic) bond motifs is 1. The molecule has 1 aromatic carbocycles. The molecule has 0 aliphatic carbocycles. The summed E-state index contributed by atoms with van der Waals surface area (Å²) in [6.45, 7) is 3.45. The van der Waals surface area contributed by atoms with E-state index in [1.807, 2.05) is 43.5 Å². The maximum atomic E-state index is 11.9. The van der Waals surface area contributed by atoms with E-state index in [4.69, 9.17) is 11.6 Å². The number of hydrogen-bond acceptors (Lipinski definition) is 4. The molecule has 2 heterocycles. The highest BCUT2D eigenvalue weighted by atomic mass is 35.5. The minimum absolute atomic E-state index is 0.000192. The Labute approximate surface area is 137 Å². The zero-order valence-corrected chi connectivity index (χ0v) is 14.0. The molecule has 0 spiro atoms. The highest BCUT2D eigenvalue weighted by Crippen LogP contribution is 2.26. The Morgan fingerprint density at radius 1 is 1.27 bits per heavy atom. The molecule has 22 heavy (non-hydrogen) atoms. The smallest absolute Gasteiger partial charge is 0.164 e. The summed E-state index contributed by atoms with van der Waals surface area (Å²) in [5, 5.41) is 6.00. The summed E-state index contributed by atoms with van der Waals surface area (Å²) in [4.78, 5) is 16.5. The quantitative estimate of drug-likeness (QED) is 0.408. The maximum Gasteiger partial charge on any atom is 0.164 e. The molecule has 3 rings (SSSR count). The van der Waals surface area contributed by atoms with Gasteiger partial charge in [-0.2, -0.15) is 5.10 Å². The van der Waals surface area contributed by atoms with E-state index in [9.17, 15) is 4.79 Å². The third-order valence-corrected chi connectivity index (χ3v) is 4.42. The number of Topliss-reactive ketones (excluding diaryl/α,β-unsaturated/α-hetero) is 1. The van der Waals surface area contributed by atoms with Gasteiger partial charge in [-0.15, -0.1) is 11.8 Å². The van der Waals surface area contributed by atoms with Crippen molar-refractivity contribution in [2.45, 2.75) is 18.9 Å². The van der Waals surface area contributed by atoms with E-state index in [2.05, 4.69) is 10.1 Å². The minimum Gasteiger partial charge on any atom is -0.294 e. The highest BCUT2D eigenvalue weighted by Gasteiger charge is 2.17. The molecule has 0 aliphatic heterocycles. The Bertz CT molecular complexity index is 871. The van der Waals surface area contributed by atoms with Gasteiger partial charge in [-0.3, -0.25) is 4.79 Å². The van der Waals surface area contributed by atoms with E-state index >= 15 is 0 Å². The molecule has 0 bridgehead atoms. The molecule has 112 valence electrons. The summed E-state index contributed by atoms with van der Waals surface area (Å²) in [5.41, 5.74) is 3.94. The Morgan fingerprint density at radius 3 is 2.55 bits per heavy atom. The van der Waals surface area contributed by atoms with Crippen LogP contribution in [0.3, 0.4) is 0 Å². The van der Waals surface area contributed by atoms with Gasteiger partial charge in [0.1, 0.15) is 5.03 Å². The Balaban J connectivity index is 2.23. The first-order valence-electron chi connectivity index (χ1n) is 6.72. The minimum atomic E-state index is -0.000192. The van der Waals surface area contributed by atoms with E-state index in [1.165, 1.54) is 11.8 Å². The predicted octanol–water partition coefficient (Wildman–Crippen LogP) is 4.28. The average Bonchev–Trinajstić information content (AvgIpc) is 2.91. The lowest BCUT2D eigenvalue weighted by Gasteiger charge is -2.08. The van der Waals surface area contributed by atoms with E-state index in [1.54, 1.807) is 11.4 Å². The summed E-state index contributed by atoms with van der Waals surface area (Å²) in [7, 11) is 0. The van der Waals surface area contributed by atoms with Crippen molar-refractivity contribution in [1.29, 1.82) is 0 Å². The first-order chi connectivity index (χ1) is 10.5. The lowest BCUT2D eigenvalue weighted by molar-refractivity contribution is 0.101. The van der Waals surface area contributed by atoms with Crippen molar-refractivity contribution in [2.24, 2.45) is 0 Å². The van der Waals surface area contributed by atoms with Gasteiger partial charge in [0.05, 0.1) is 17.0 Å². The van der Waals surface area contributed by atoms with Crippen molar-refractivity contribution >= 4 is 34.8 Å². The molecule has 3 aromatic rings. The van der Waals surface area contributed by atoms with Crippen LogP contribution in [0.25, 0.3) is 16.9 Å². The SMILES string of the molecule is CSc1nc2cc(-c3ccc(Cl)cc3)nn2c(C)c1C(C)=O. The molecule has 0 amide bonds. The molecule has 0 saturated heterocycles. The van der Waals surface area contributed by atoms with Crippen LogP contribution in [-0.2, 0) is 0 Å². The monoisotopic (exact) mass is 331 g/mol. The van der Waals surface area contributed by atoms with Gasteiger partial charge >= 0.3 is 0 Å². The Hall–Kier alpha value is -1.85. The molecule has 0 fully saturated rings. The van der Waals surface area contributed by atoms with Gasteiger partial charge in [0.2, 0.25) is 0 Å². The van der Waals surface area contributed by atoms with Crippen LogP contribution in [0, 0.1) is 6.92 Å². The van der Waals surface area contributed by atoms with Gasteiger partial charge in [-0.25, -0.2) is 9.50 Å². The third-order valence-electron chi connectivity index (χ3n) is 3.49. The van der Waals surface area contributed by atoms with Crippen molar-refractivity contribution in [3.05, 3.63) is 46.6 Å². The number of carbonyl (C=O) groups excluding carboxylic acids is 1. The summed E-state index contributed by atoms with van der Waals surface area (Å²) in [6, 6.07) is 9.41. The number of carbonyl (C=O) groups is 1. The van der Waals surface area contributed by atoms with Gasteiger partial charge in [-0.1, -0.05) is 23.7 Å². The standard InChI is InChI=1S/C16H14ClN3OS/c1-9-15(10(2)21)16(22-3)18-14-8-13(19-20(9)14)11-4-6-12(17)7-5-11/h4-8H,1-3H3. The van der Waals surface area contributed by atoms with Gasteiger partial charge in [-0.05, 0) is 32.2 Å². The summed E-state index contributed by atoms with van der Waals surface area (Å²) in [6.07, 6.45) is 1.92. The molecular weight excluding hydrogens is 318 g/mol. The topological polar surface area (TPSA) is 47.3 Å². The van der Waals surface area contributed by atoms with Crippen LogP contribution >= 0.6 is 23.4 Å². The van der Waals surface area contributed by atoms with Crippen LogP contribution in [0.2, 0.25) is 5.02 Å². The number of aryl methyl sites for hydroxylation is 1. The lowest BCUT2D eigenvalue weighted by Crippen LogP contribution is -2.08. The van der Waals surface area contributed by atoms with Crippen LogP contribution in [0.4, 0.5) is 0 Å². The number of halogens is 1. The van der Waals surface area contributed by atoms with E-state index in [-0.39, 0.29) is 5.78 Å². The Morgan fingerprint density at radius 2 is 1.95 bits per heavy atom. The third kappa shape index (κ3) is 2.51. The Kier molecular flexibility index (Phi) is 3.93. The van der Waals surface area contributed by atoms with E-state index < -0.39 is 0 Å². The number of benzene rings is 1. The fourth-order valence-corrected chi connectivity index (χ4v) is 3.24. The zero-order chi connectivity index (χ0) is 15.9. The molecule has 0 aliphatic rings. The molecular formula is C16H14ClN3OS. The second-order valence-electron chi connectivity index (χ2n) is 4.94. The van der Waals surface area contributed by atoms with Crippen molar-refractivity contribution in [3.63, 3.8) is 0 Å². The van der Waals surface area contributed by atoms with Crippen LogP contribution in [-0.4, -0.2) is 26.6 Å². The fourth-order valence-electron chi connectivity index (χ4n) is 2.43.